The molecule has 2 aromatic heterocycles. The molecule has 5 heteroatoms. The fourth-order valence-corrected chi connectivity index (χ4v) is 3.93. The Balaban J connectivity index is 1.97. The molecule has 0 aliphatic heterocycles. The zero-order valence-corrected chi connectivity index (χ0v) is 13.2. The predicted octanol–water partition coefficient (Wildman–Crippen LogP) is 4.85. The summed E-state index contributed by atoms with van der Waals surface area (Å²) in [5.41, 5.74) is 4.69. The molecule has 0 bridgehead atoms. The van der Waals surface area contributed by atoms with Gasteiger partial charge in [-0.25, -0.2) is 9.78 Å². The van der Waals surface area contributed by atoms with Crippen LogP contribution in [-0.4, -0.2) is 16.1 Å². The minimum atomic E-state index is -0.901. The van der Waals surface area contributed by atoms with E-state index < -0.39 is 5.97 Å². The van der Waals surface area contributed by atoms with Crippen LogP contribution in [0.25, 0.3) is 21.1 Å². The van der Waals surface area contributed by atoms with E-state index in [1.54, 1.807) is 22.8 Å². The highest BCUT2D eigenvalue weighted by molar-refractivity contribution is 7.15. The van der Waals surface area contributed by atoms with Crippen molar-refractivity contribution in [1.29, 1.82) is 0 Å². The number of thiophene rings is 1. The van der Waals surface area contributed by atoms with E-state index in [9.17, 15) is 4.79 Å². The molecule has 0 aliphatic carbocycles. The van der Waals surface area contributed by atoms with Gasteiger partial charge in [0, 0.05) is 16.3 Å². The van der Waals surface area contributed by atoms with Gasteiger partial charge in [0.2, 0.25) is 0 Å². The number of aryl methyl sites for hydroxylation is 2. The minimum absolute atomic E-state index is 0.316. The summed E-state index contributed by atoms with van der Waals surface area (Å²) in [4.78, 5) is 16.5. The van der Waals surface area contributed by atoms with E-state index in [-0.39, 0.29) is 0 Å². The minimum Gasteiger partial charge on any atom is -0.478 e. The SMILES string of the molecule is Cc1cc(C)cc(-c2nc(-c3cc(C(=O)O)cs3)cs2)c1. The van der Waals surface area contributed by atoms with E-state index in [0.29, 0.717) is 5.56 Å². The molecule has 0 saturated carbocycles. The first kappa shape index (κ1) is 14.0. The Bertz CT molecular complexity index is 797. The summed E-state index contributed by atoms with van der Waals surface area (Å²) in [7, 11) is 0. The third-order valence-electron chi connectivity index (χ3n) is 3.07. The van der Waals surface area contributed by atoms with Gasteiger partial charge in [-0.3, -0.25) is 0 Å². The summed E-state index contributed by atoms with van der Waals surface area (Å²) >= 11 is 2.99. The number of thiazole rings is 1. The van der Waals surface area contributed by atoms with Crippen LogP contribution >= 0.6 is 22.7 Å². The normalized spacial score (nSPS) is 10.8. The maximum absolute atomic E-state index is 10.9. The molecule has 1 aromatic carbocycles. The smallest absolute Gasteiger partial charge is 0.336 e. The molecular weight excluding hydrogens is 302 g/mol. The Morgan fingerprint density at radius 3 is 2.38 bits per heavy atom. The number of hydrogen-bond donors (Lipinski definition) is 1. The van der Waals surface area contributed by atoms with Crippen LogP contribution in [0.1, 0.15) is 21.5 Å². The van der Waals surface area contributed by atoms with Gasteiger partial charge in [-0.1, -0.05) is 17.2 Å². The molecular formula is C16H13NO2S2. The molecule has 3 rings (SSSR count). The van der Waals surface area contributed by atoms with Crippen molar-refractivity contribution in [2.45, 2.75) is 13.8 Å². The molecule has 0 aliphatic rings. The molecule has 0 saturated heterocycles. The lowest BCUT2D eigenvalue weighted by Crippen LogP contribution is -1.91. The second-order valence-corrected chi connectivity index (χ2v) is 6.69. The second kappa shape index (κ2) is 5.42. The third-order valence-corrected chi connectivity index (χ3v) is 4.92. The Hall–Kier alpha value is -1.98. The van der Waals surface area contributed by atoms with E-state index in [4.69, 9.17) is 5.11 Å². The van der Waals surface area contributed by atoms with Crippen LogP contribution in [-0.2, 0) is 0 Å². The van der Waals surface area contributed by atoms with Crippen LogP contribution in [0.3, 0.4) is 0 Å². The number of carboxylic acids is 1. The highest BCUT2D eigenvalue weighted by Gasteiger charge is 2.12. The first-order chi connectivity index (χ1) is 10.0. The first-order valence-corrected chi connectivity index (χ1v) is 8.15. The summed E-state index contributed by atoms with van der Waals surface area (Å²) in [6.07, 6.45) is 0. The van der Waals surface area contributed by atoms with Gasteiger partial charge in [0.15, 0.2) is 0 Å². The molecule has 1 N–H and O–H groups in total. The highest BCUT2D eigenvalue weighted by atomic mass is 32.1. The van der Waals surface area contributed by atoms with Crippen LogP contribution in [0.4, 0.5) is 0 Å². The van der Waals surface area contributed by atoms with Gasteiger partial charge < -0.3 is 5.11 Å². The summed E-state index contributed by atoms with van der Waals surface area (Å²) in [6, 6.07) is 8.04. The molecule has 0 fully saturated rings. The van der Waals surface area contributed by atoms with Gasteiger partial charge >= 0.3 is 5.97 Å². The van der Waals surface area contributed by atoms with Crippen LogP contribution in [0.15, 0.2) is 35.0 Å². The van der Waals surface area contributed by atoms with Crippen molar-refractivity contribution in [3.05, 3.63) is 51.7 Å². The molecule has 0 amide bonds. The molecule has 21 heavy (non-hydrogen) atoms. The number of carbonyl (C=O) groups is 1. The number of benzene rings is 1. The lowest BCUT2D eigenvalue weighted by atomic mass is 10.1. The fraction of sp³-hybridized carbons (Fsp3) is 0.125. The van der Waals surface area contributed by atoms with Gasteiger partial charge in [-0.15, -0.1) is 22.7 Å². The Morgan fingerprint density at radius 2 is 1.76 bits per heavy atom. The average molecular weight is 315 g/mol. The molecule has 106 valence electrons. The Labute approximate surface area is 130 Å². The number of nitrogens with zero attached hydrogens (tertiary/aromatic N) is 1. The maximum Gasteiger partial charge on any atom is 0.336 e. The Morgan fingerprint density at radius 1 is 1.05 bits per heavy atom. The summed E-state index contributed by atoms with van der Waals surface area (Å²) in [6.45, 7) is 4.15. The predicted molar refractivity (Wildman–Crippen MR) is 87.3 cm³/mol. The maximum atomic E-state index is 10.9. The monoisotopic (exact) mass is 315 g/mol. The van der Waals surface area contributed by atoms with Crippen molar-refractivity contribution in [2.24, 2.45) is 0 Å². The van der Waals surface area contributed by atoms with Crippen molar-refractivity contribution >= 4 is 28.6 Å². The lowest BCUT2D eigenvalue weighted by Gasteiger charge is -2.01. The van der Waals surface area contributed by atoms with E-state index in [0.717, 1.165) is 21.1 Å². The molecule has 2 heterocycles. The van der Waals surface area contributed by atoms with Crippen LogP contribution in [0, 0.1) is 13.8 Å². The summed E-state index contributed by atoms with van der Waals surface area (Å²) < 4.78 is 0. The van der Waals surface area contributed by atoms with Crippen molar-refractivity contribution in [2.75, 3.05) is 0 Å². The third kappa shape index (κ3) is 2.89. The fourth-order valence-electron chi connectivity index (χ4n) is 2.20. The van der Waals surface area contributed by atoms with Crippen LogP contribution in [0.5, 0.6) is 0 Å². The summed E-state index contributed by atoms with van der Waals surface area (Å²) in [5.74, 6) is -0.901. The van der Waals surface area contributed by atoms with Gasteiger partial charge in [0.25, 0.3) is 0 Å². The van der Waals surface area contributed by atoms with Gasteiger partial charge in [0.1, 0.15) is 5.01 Å². The zero-order chi connectivity index (χ0) is 15.0. The van der Waals surface area contributed by atoms with Gasteiger partial charge in [-0.05, 0) is 32.0 Å². The largest absolute Gasteiger partial charge is 0.478 e. The number of carboxylic acid groups (broad SMARTS) is 1. The number of aromatic carboxylic acids is 1. The Kier molecular flexibility index (Phi) is 3.61. The number of aromatic nitrogens is 1. The molecule has 0 atom stereocenters. The van der Waals surface area contributed by atoms with Gasteiger partial charge in [-0.2, -0.15) is 0 Å². The first-order valence-electron chi connectivity index (χ1n) is 6.39. The standard InChI is InChI=1S/C16H13NO2S2/c1-9-3-10(2)5-11(4-9)15-17-13(8-21-15)14-6-12(7-20-14)16(18)19/h3-8H,1-2H3,(H,18,19). The van der Waals surface area contributed by atoms with Gasteiger partial charge in [0.05, 0.1) is 16.1 Å². The van der Waals surface area contributed by atoms with Crippen molar-refractivity contribution in [3.63, 3.8) is 0 Å². The van der Waals surface area contributed by atoms with Crippen LogP contribution < -0.4 is 0 Å². The topological polar surface area (TPSA) is 50.2 Å². The zero-order valence-electron chi connectivity index (χ0n) is 11.6. The number of hydrogen-bond acceptors (Lipinski definition) is 4. The second-order valence-electron chi connectivity index (χ2n) is 4.92. The van der Waals surface area contributed by atoms with Crippen molar-refractivity contribution in [1.82, 2.24) is 4.98 Å². The number of rotatable bonds is 3. The summed E-state index contributed by atoms with van der Waals surface area (Å²) in [5, 5.41) is 13.6. The average Bonchev–Trinajstić information content (AvgIpc) is 3.07. The molecule has 0 spiro atoms. The molecule has 3 aromatic rings. The van der Waals surface area contributed by atoms with Crippen molar-refractivity contribution < 1.29 is 9.90 Å². The quantitative estimate of drug-likeness (QED) is 0.751. The van der Waals surface area contributed by atoms with E-state index >= 15 is 0 Å². The molecule has 3 nitrogen and oxygen atoms in total. The molecule has 0 radical (unpaired) electrons. The lowest BCUT2D eigenvalue weighted by molar-refractivity contribution is 0.0697. The van der Waals surface area contributed by atoms with Crippen molar-refractivity contribution in [3.8, 4) is 21.1 Å². The van der Waals surface area contributed by atoms with Crippen LogP contribution in [0.2, 0.25) is 0 Å². The van der Waals surface area contributed by atoms with E-state index in [1.807, 2.05) is 5.38 Å². The van der Waals surface area contributed by atoms with E-state index in [1.165, 1.54) is 22.5 Å². The van der Waals surface area contributed by atoms with E-state index in [2.05, 4.69) is 37.0 Å². The highest BCUT2D eigenvalue weighted by Crippen LogP contribution is 2.33. The molecule has 0 unspecified atom stereocenters.